The van der Waals surface area contributed by atoms with Gasteiger partial charge in [-0.15, -0.1) is 0 Å². The Morgan fingerprint density at radius 2 is 0.946 bits per heavy atom. The summed E-state index contributed by atoms with van der Waals surface area (Å²) in [6.07, 6.45) is 3.38. The molecule has 0 aromatic heterocycles. The predicted molar refractivity (Wildman–Crippen MR) is 132 cm³/mol. The highest BCUT2D eigenvalue weighted by Gasteiger charge is 2.26. The Bertz CT molecular complexity index is 551. The van der Waals surface area contributed by atoms with Crippen LogP contribution in [-0.4, -0.2) is 129 Å². The first-order chi connectivity index (χ1) is 18.1. The van der Waals surface area contributed by atoms with Crippen LogP contribution in [-0.2, 0) is 52.3 Å². The summed E-state index contributed by atoms with van der Waals surface area (Å²) in [5.41, 5.74) is 5.32. The summed E-state index contributed by atoms with van der Waals surface area (Å²) in [5, 5.41) is 2.74. The highest BCUT2D eigenvalue weighted by Crippen LogP contribution is 2.06. The summed E-state index contributed by atoms with van der Waals surface area (Å²) in [7, 11) is 0. The molecule has 216 valence electrons. The van der Waals surface area contributed by atoms with Gasteiger partial charge in [-0.05, 0) is 0 Å². The average molecular weight is 537 g/mol. The van der Waals surface area contributed by atoms with E-state index in [0.29, 0.717) is 65.8 Å². The standard InChI is InChI=1S/C24H44N2O11/c25-24(20-35-10-2-7-28,21-36-11-3-8-29)22-37-12-4-23(30)26-5-13-32-15-17-34-19-18-33-16-14-31-9-1-6-27/h6-8H,1-5,9-22,25H2,(H,26,30). The van der Waals surface area contributed by atoms with E-state index in [1.807, 2.05) is 0 Å². The lowest BCUT2D eigenvalue weighted by Gasteiger charge is -2.28. The Morgan fingerprint density at radius 3 is 1.41 bits per heavy atom. The summed E-state index contributed by atoms with van der Waals surface area (Å²) < 4.78 is 37.6. The van der Waals surface area contributed by atoms with E-state index in [-0.39, 0.29) is 64.8 Å². The van der Waals surface area contributed by atoms with Gasteiger partial charge in [0, 0.05) is 32.2 Å². The molecule has 0 aliphatic carbocycles. The van der Waals surface area contributed by atoms with Crippen LogP contribution in [0.25, 0.3) is 0 Å². The molecular weight excluding hydrogens is 492 g/mol. The van der Waals surface area contributed by atoms with Crippen LogP contribution in [0.2, 0.25) is 0 Å². The molecule has 1 amide bonds. The van der Waals surface area contributed by atoms with E-state index >= 15 is 0 Å². The molecule has 0 aliphatic rings. The summed E-state index contributed by atoms with van der Waals surface area (Å²) in [5.74, 6) is -0.181. The van der Waals surface area contributed by atoms with Crippen molar-refractivity contribution >= 4 is 24.8 Å². The van der Waals surface area contributed by atoms with E-state index in [9.17, 15) is 19.2 Å². The van der Waals surface area contributed by atoms with Crippen LogP contribution in [0.4, 0.5) is 0 Å². The van der Waals surface area contributed by atoms with Gasteiger partial charge in [0.2, 0.25) is 5.91 Å². The van der Waals surface area contributed by atoms with E-state index < -0.39 is 5.54 Å². The van der Waals surface area contributed by atoms with Crippen LogP contribution in [0.5, 0.6) is 0 Å². The molecule has 3 N–H and O–H groups in total. The smallest absolute Gasteiger partial charge is 0.222 e. The SMILES string of the molecule is NC(COCCC=O)(COCCC=O)COCCC(=O)NCCOCCOCCOCCOCCC=O. The van der Waals surface area contributed by atoms with Gasteiger partial charge in [-0.25, -0.2) is 0 Å². The summed E-state index contributed by atoms with van der Waals surface area (Å²) in [4.78, 5) is 42.9. The van der Waals surface area contributed by atoms with E-state index in [1.165, 1.54) is 0 Å². The van der Waals surface area contributed by atoms with E-state index in [4.69, 9.17) is 38.9 Å². The lowest BCUT2D eigenvalue weighted by molar-refractivity contribution is -0.122. The summed E-state index contributed by atoms with van der Waals surface area (Å²) in [6, 6.07) is 0. The van der Waals surface area contributed by atoms with Crippen molar-refractivity contribution in [1.29, 1.82) is 0 Å². The molecule has 0 spiro atoms. The molecule has 0 aromatic carbocycles. The maximum absolute atomic E-state index is 11.9. The van der Waals surface area contributed by atoms with E-state index in [2.05, 4.69) is 5.32 Å². The number of rotatable bonds is 30. The molecule has 0 bridgehead atoms. The first-order valence-corrected chi connectivity index (χ1v) is 12.5. The Labute approximate surface area is 218 Å². The lowest BCUT2D eigenvalue weighted by Crippen LogP contribution is -2.53. The van der Waals surface area contributed by atoms with Crippen molar-refractivity contribution in [2.75, 3.05) is 99.0 Å². The molecule has 0 fully saturated rings. The number of carbonyl (C=O) groups excluding carboxylic acids is 4. The highest BCUT2D eigenvalue weighted by molar-refractivity contribution is 5.75. The maximum Gasteiger partial charge on any atom is 0.222 e. The third-order valence-corrected chi connectivity index (χ3v) is 4.47. The highest BCUT2D eigenvalue weighted by atomic mass is 16.6. The molecule has 37 heavy (non-hydrogen) atoms. The minimum Gasteiger partial charge on any atom is -0.379 e. The zero-order valence-electron chi connectivity index (χ0n) is 21.7. The molecule has 0 atom stereocenters. The van der Waals surface area contributed by atoms with Crippen molar-refractivity contribution in [2.45, 2.75) is 31.2 Å². The van der Waals surface area contributed by atoms with Gasteiger partial charge in [0.05, 0.1) is 98.0 Å². The van der Waals surface area contributed by atoms with Crippen molar-refractivity contribution in [3.05, 3.63) is 0 Å². The van der Waals surface area contributed by atoms with E-state index in [1.54, 1.807) is 0 Å². The van der Waals surface area contributed by atoms with Crippen LogP contribution in [0.1, 0.15) is 25.7 Å². The fourth-order valence-electron chi connectivity index (χ4n) is 2.62. The number of carbonyl (C=O) groups is 4. The summed E-state index contributed by atoms with van der Waals surface area (Å²) >= 11 is 0. The fraction of sp³-hybridized carbons (Fsp3) is 0.833. The molecule has 0 aromatic rings. The molecule has 0 rings (SSSR count). The quantitative estimate of drug-likeness (QED) is 0.0855. The van der Waals surface area contributed by atoms with Gasteiger partial charge in [-0.1, -0.05) is 0 Å². The van der Waals surface area contributed by atoms with Gasteiger partial charge in [0.1, 0.15) is 18.9 Å². The maximum atomic E-state index is 11.9. The number of amides is 1. The number of hydrogen-bond donors (Lipinski definition) is 2. The number of hydrogen-bond acceptors (Lipinski definition) is 12. The minimum absolute atomic E-state index is 0.0891. The monoisotopic (exact) mass is 536 g/mol. The second kappa shape index (κ2) is 27.2. The van der Waals surface area contributed by atoms with Crippen LogP contribution >= 0.6 is 0 Å². The number of nitrogens with two attached hydrogens (primary N) is 1. The molecular formula is C24H44N2O11. The zero-order valence-corrected chi connectivity index (χ0v) is 21.7. The first-order valence-electron chi connectivity index (χ1n) is 12.5. The number of nitrogens with one attached hydrogen (secondary N) is 1. The van der Waals surface area contributed by atoms with Gasteiger partial charge in [0.15, 0.2) is 0 Å². The molecule has 13 heteroatoms. The Morgan fingerprint density at radius 1 is 0.568 bits per heavy atom. The average Bonchev–Trinajstić information content (AvgIpc) is 2.89. The lowest BCUT2D eigenvalue weighted by atomic mass is 10.1. The third kappa shape index (κ3) is 25.6. The van der Waals surface area contributed by atoms with Crippen LogP contribution in [0.3, 0.4) is 0 Å². The van der Waals surface area contributed by atoms with Gasteiger partial charge in [-0.3, -0.25) is 4.79 Å². The Kier molecular flexibility index (Phi) is 25.8. The Hall–Kier alpha value is -1.84. The van der Waals surface area contributed by atoms with Crippen molar-refractivity contribution < 1.29 is 52.3 Å². The van der Waals surface area contributed by atoms with Crippen molar-refractivity contribution in [1.82, 2.24) is 5.32 Å². The van der Waals surface area contributed by atoms with Gasteiger partial charge in [0.25, 0.3) is 0 Å². The second-order valence-corrected chi connectivity index (χ2v) is 7.94. The molecule has 0 heterocycles. The summed E-state index contributed by atoms with van der Waals surface area (Å²) in [6.45, 7) is 4.67. The molecule has 0 saturated carbocycles. The fourth-order valence-corrected chi connectivity index (χ4v) is 2.62. The molecule has 13 nitrogen and oxygen atoms in total. The third-order valence-electron chi connectivity index (χ3n) is 4.47. The predicted octanol–water partition coefficient (Wildman–Crippen LogP) is -0.927. The second-order valence-electron chi connectivity index (χ2n) is 7.94. The van der Waals surface area contributed by atoms with Crippen molar-refractivity contribution in [3.8, 4) is 0 Å². The molecule has 0 saturated heterocycles. The van der Waals surface area contributed by atoms with Gasteiger partial charge >= 0.3 is 0 Å². The van der Waals surface area contributed by atoms with Crippen molar-refractivity contribution in [2.24, 2.45) is 5.73 Å². The topological polar surface area (TPSA) is 171 Å². The largest absolute Gasteiger partial charge is 0.379 e. The first kappa shape index (κ1) is 35.2. The molecule has 0 unspecified atom stereocenters. The molecule has 0 radical (unpaired) electrons. The van der Waals surface area contributed by atoms with Gasteiger partial charge < -0.3 is 58.6 Å². The minimum atomic E-state index is -0.962. The van der Waals surface area contributed by atoms with Crippen molar-refractivity contribution in [3.63, 3.8) is 0 Å². The van der Waals surface area contributed by atoms with Gasteiger partial charge in [-0.2, -0.15) is 0 Å². The Balaban J connectivity index is 3.69. The van der Waals surface area contributed by atoms with Crippen LogP contribution in [0.15, 0.2) is 0 Å². The van der Waals surface area contributed by atoms with E-state index in [0.717, 1.165) is 18.9 Å². The zero-order chi connectivity index (χ0) is 27.3. The van der Waals surface area contributed by atoms with Crippen LogP contribution < -0.4 is 11.1 Å². The van der Waals surface area contributed by atoms with Crippen LogP contribution in [0, 0.1) is 0 Å². The number of ether oxygens (including phenoxy) is 7. The number of aldehydes is 3. The molecule has 0 aliphatic heterocycles. The normalized spacial score (nSPS) is 11.4.